The molecule has 2 heterocycles. The molecule has 206 valence electrons. The number of anilines is 1. The average Bonchev–Trinajstić information content (AvgIpc) is 2.99. The largest absolute Gasteiger partial charge is 0.498 e. The summed E-state index contributed by atoms with van der Waals surface area (Å²) < 4.78 is 17.5. The van der Waals surface area contributed by atoms with E-state index < -0.39 is 36.1 Å². The smallest absolute Gasteiger partial charge is 0.444 e. The molecule has 2 aliphatic rings. The Balaban J connectivity index is 1.46. The Morgan fingerprint density at radius 3 is 2.00 bits per heavy atom. The van der Waals surface area contributed by atoms with E-state index in [2.05, 4.69) is 25.9 Å². The number of rotatable bonds is 7. The maximum Gasteiger partial charge on any atom is 0.498 e. The van der Waals surface area contributed by atoms with E-state index in [-0.39, 0.29) is 23.9 Å². The number of carbonyl (C=O) groups is 2. The predicted octanol–water partition coefficient (Wildman–Crippen LogP) is 3.16. The number of aromatic nitrogens is 2. The van der Waals surface area contributed by atoms with Crippen LogP contribution in [0.5, 0.6) is 0 Å². The van der Waals surface area contributed by atoms with Gasteiger partial charge in [0.1, 0.15) is 11.6 Å². The second-order valence-corrected chi connectivity index (χ2v) is 12.5. The van der Waals surface area contributed by atoms with Gasteiger partial charge in [0.25, 0.3) is 0 Å². The molecule has 1 aliphatic carbocycles. The van der Waals surface area contributed by atoms with Crippen LogP contribution in [0.3, 0.4) is 0 Å². The highest BCUT2D eigenvalue weighted by Gasteiger charge is 2.52. The summed E-state index contributed by atoms with van der Waals surface area (Å²) in [5, 5.41) is 9.23. The molecule has 1 atom stereocenters. The molecule has 1 saturated heterocycles. The van der Waals surface area contributed by atoms with Crippen molar-refractivity contribution >= 4 is 30.5 Å². The van der Waals surface area contributed by atoms with Crippen LogP contribution in [0.4, 0.5) is 10.7 Å². The summed E-state index contributed by atoms with van der Waals surface area (Å²) in [6.45, 7) is 17.3. The number of ether oxygens (including phenoxy) is 1. The Morgan fingerprint density at radius 1 is 1.00 bits per heavy atom. The van der Waals surface area contributed by atoms with Crippen LogP contribution in [-0.2, 0) is 18.8 Å². The van der Waals surface area contributed by atoms with Crippen molar-refractivity contribution in [2.24, 2.45) is 5.92 Å². The van der Waals surface area contributed by atoms with Gasteiger partial charge >= 0.3 is 13.2 Å². The van der Waals surface area contributed by atoms with Crippen molar-refractivity contribution in [2.45, 2.75) is 123 Å². The van der Waals surface area contributed by atoms with Gasteiger partial charge in [0, 0.05) is 29.9 Å². The minimum atomic E-state index is -0.651. The molecule has 3 rings (SSSR count). The van der Waals surface area contributed by atoms with Crippen LogP contribution in [0, 0.1) is 5.92 Å². The summed E-state index contributed by atoms with van der Waals surface area (Å²) in [7, 11) is -0.488. The topological polar surface area (TPSA) is 124 Å². The van der Waals surface area contributed by atoms with E-state index in [4.69, 9.17) is 14.0 Å². The van der Waals surface area contributed by atoms with Crippen LogP contribution in [0.25, 0.3) is 0 Å². The Morgan fingerprint density at radius 2 is 1.51 bits per heavy atom. The lowest BCUT2D eigenvalue weighted by Crippen LogP contribution is -2.53. The van der Waals surface area contributed by atoms with E-state index in [9.17, 15) is 9.59 Å². The lowest BCUT2D eigenvalue weighted by Gasteiger charge is -2.32. The first-order valence-corrected chi connectivity index (χ1v) is 13.3. The average molecular weight is 517 g/mol. The van der Waals surface area contributed by atoms with Gasteiger partial charge in [-0.05, 0) is 80.1 Å². The summed E-state index contributed by atoms with van der Waals surface area (Å²) in [6, 6.07) is -0.378. The Bertz CT molecular complexity index is 924. The normalized spacial score (nSPS) is 23.9. The third-order valence-electron chi connectivity index (χ3n) is 7.23. The molecule has 0 radical (unpaired) electrons. The molecule has 0 bridgehead atoms. The molecule has 37 heavy (non-hydrogen) atoms. The van der Waals surface area contributed by atoms with E-state index in [1.807, 2.05) is 41.5 Å². The first kappa shape index (κ1) is 29.2. The molecule has 0 aromatic carbocycles. The van der Waals surface area contributed by atoms with Gasteiger partial charge in [-0.3, -0.25) is 4.79 Å². The van der Waals surface area contributed by atoms with Gasteiger partial charge in [0.15, 0.2) is 0 Å². The third-order valence-corrected chi connectivity index (χ3v) is 7.23. The number of hydrogen-bond acceptors (Lipinski definition) is 8. The van der Waals surface area contributed by atoms with Crippen molar-refractivity contribution in [3.05, 3.63) is 12.4 Å². The van der Waals surface area contributed by atoms with E-state index in [1.54, 1.807) is 33.2 Å². The van der Waals surface area contributed by atoms with E-state index in [0.29, 0.717) is 5.95 Å². The maximum absolute atomic E-state index is 12.9. The van der Waals surface area contributed by atoms with Gasteiger partial charge in [-0.25, -0.2) is 14.8 Å². The van der Waals surface area contributed by atoms with Gasteiger partial charge in [-0.2, -0.15) is 0 Å². The van der Waals surface area contributed by atoms with Gasteiger partial charge in [-0.1, -0.05) is 13.8 Å². The maximum atomic E-state index is 12.9. The molecule has 1 aromatic heterocycles. The van der Waals surface area contributed by atoms with Crippen LogP contribution in [0.2, 0.25) is 0 Å². The van der Waals surface area contributed by atoms with Crippen LogP contribution < -0.4 is 21.4 Å². The first-order valence-electron chi connectivity index (χ1n) is 13.3. The number of hydrogen-bond donors (Lipinski definition) is 3. The second kappa shape index (κ2) is 11.1. The number of amides is 2. The zero-order chi connectivity index (χ0) is 27.6. The van der Waals surface area contributed by atoms with E-state index in [0.717, 1.165) is 31.1 Å². The molecule has 10 nitrogen and oxygen atoms in total. The molecule has 3 N–H and O–H groups in total. The number of alkyl carbamates (subject to hydrolysis) is 1. The van der Waals surface area contributed by atoms with Gasteiger partial charge < -0.3 is 30.0 Å². The first-order chi connectivity index (χ1) is 17.1. The Kier molecular flexibility index (Phi) is 8.79. The van der Waals surface area contributed by atoms with Crippen molar-refractivity contribution in [1.82, 2.24) is 20.6 Å². The van der Waals surface area contributed by atoms with Crippen molar-refractivity contribution < 1.29 is 23.6 Å². The molecule has 1 unspecified atom stereocenters. The quantitative estimate of drug-likeness (QED) is 0.472. The number of nitrogens with one attached hydrogen (secondary N) is 3. The van der Waals surface area contributed by atoms with E-state index in [1.165, 1.54) is 0 Å². The molecule has 1 aromatic rings. The highest BCUT2D eigenvalue weighted by Crippen LogP contribution is 2.36. The highest BCUT2D eigenvalue weighted by atomic mass is 16.7. The number of nitrogens with zero attached hydrogens (tertiary/aromatic N) is 2. The predicted molar refractivity (Wildman–Crippen MR) is 144 cm³/mol. The fourth-order valence-corrected chi connectivity index (χ4v) is 4.34. The summed E-state index contributed by atoms with van der Waals surface area (Å²) in [5.41, 5.74) is -0.660. The van der Waals surface area contributed by atoms with Crippen molar-refractivity contribution in [1.29, 1.82) is 0 Å². The molecular formula is C26H44BN5O5. The summed E-state index contributed by atoms with van der Waals surface area (Å²) in [5.74, 6) is 0.316. The third kappa shape index (κ3) is 7.80. The summed E-state index contributed by atoms with van der Waals surface area (Å²) in [6.07, 6.45) is 6.30. The van der Waals surface area contributed by atoms with Gasteiger partial charge in [0.2, 0.25) is 11.9 Å². The molecule has 1 aliphatic heterocycles. The standard InChI is InChI=1S/C26H44BN5O5/c1-16(2)20(32-23(34)35-24(3,4)5)21(33)30-18-10-12-19(13-11-18)31-22-28-14-17(15-29-22)27-36-25(6,7)26(8,9)37-27/h14-16,18-20H,10-13H2,1-9H3,(H,30,33)(H,32,34)(H,28,29,31). The summed E-state index contributed by atoms with van der Waals surface area (Å²) in [4.78, 5) is 34.0. The van der Waals surface area contributed by atoms with Crippen molar-refractivity contribution in [3.63, 3.8) is 0 Å². The van der Waals surface area contributed by atoms with Crippen molar-refractivity contribution in [3.8, 4) is 0 Å². The number of carbonyl (C=O) groups excluding carboxylic acids is 2. The van der Waals surface area contributed by atoms with Crippen LogP contribution in [0.1, 0.15) is 88.0 Å². The van der Waals surface area contributed by atoms with Crippen LogP contribution in [-0.4, -0.2) is 64.0 Å². The molecule has 2 amide bonds. The monoisotopic (exact) mass is 517 g/mol. The lowest BCUT2D eigenvalue weighted by atomic mass is 9.81. The molecule has 11 heteroatoms. The van der Waals surface area contributed by atoms with Crippen molar-refractivity contribution in [2.75, 3.05) is 5.32 Å². The zero-order valence-electron chi connectivity index (χ0n) is 23.8. The molecular weight excluding hydrogens is 473 g/mol. The van der Waals surface area contributed by atoms with E-state index >= 15 is 0 Å². The van der Waals surface area contributed by atoms with Crippen LogP contribution in [0.15, 0.2) is 12.4 Å². The fraction of sp³-hybridized carbons (Fsp3) is 0.769. The second-order valence-electron chi connectivity index (χ2n) is 12.5. The SMILES string of the molecule is CC(C)C(NC(=O)OC(C)(C)C)C(=O)NC1CCC(Nc2ncc(B3OC(C)(C)C(C)(C)O3)cn2)CC1. The minimum absolute atomic E-state index is 0.0545. The molecule has 0 spiro atoms. The lowest BCUT2D eigenvalue weighted by molar-refractivity contribution is -0.125. The fourth-order valence-electron chi connectivity index (χ4n) is 4.34. The Labute approximate surface area is 221 Å². The van der Waals surface area contributed by atoms with Gasteiger partial charge in [-0.15, -0.1) is 0 Å². The summed E-state index contributed by atoms with van der Waals surface area (Å²) >= 11 is 0. The molecule has 2 fully saturated rings. The van der Waals surface area contributed by atoms with Gasteiger partial charge in [0.05, 0.1) is 11.2 Å². The molecule has 1 saturated carbocycles. The Hall–Kier alpha value is -2.40. The zero-order valence-corrected chi connectivity index (χ0v) is 23.8. The highest BCUT2D eigenvalue weighted by molar-refractivity contribution is 6.61. The van der Waals surface area contributed by atoms with Crippen LogP contribution >= 0.6 is 0 Å². The minimum Gasteiger partial charge on any atom is -0.444 e.